The largest absolute Gasteiger partial charge is 0.359 e. The molecule has 0 aliphatic rings. The zero-order valence-corrected chi connectivity index (χ0v) is 11.9. The molecule has 0 radical (unpaired) electrons. The van der Waals surface area contributed by atoms with Gasteiger partial charge in [-0.1, -0.05) is 13.8 Å². The normalized spacial score (nSPS) is 10.6. The number of aromatic nitrogens is 2. The first-order chi connectivity index (χ1) is 7.54. The Morgan fingerprint density at radius 3 is 2.75 bits per heavy atom. The van der Waals surface area contributed by atoms with Gasteiger partial charge in [0.1, 0.15) is 5.82 Å². The molecule has 90 valence electrons. The van der Waals surface area contributed by atoms with E-state index in [9.17, 15) is 0 Å². The highest BCUT2D eigenvalue weighted by Crippen LogP contribution is 2.23. The maximum Gasteiger partial charge on any atom is 0.224 e. The van der Waals surface area contributed by atoms with Gasteiger partial charge in [-0.05, 0) is 28.3 Å². The van der Waals surface area contributed by atoms with Crippen molar-refractivity contribution in [2.75, 3.05) is 30.9 Å². The predicted molar refractivity (Wildman–Crippen MR) is 72.0 cm³/mol. The second kappa shape index (κ2) is 6.03. The van der Waals surface area contributed by atoms with Crippen molar-refractivity contribution in [2.24, 2.45) is 5.92 Å². The third kappa shape index (κ3) is 3.63. The third-order valence-electron chi connectivity index (χ3n) is 2.35. The van der Waals surface area contributed by atoms with Crippen molar-refractivity contribution >= 4 is 27.7 Å². The van der Waals surface area contributed by atoms with E-state index in [2.05, 4.69) is 57.0 Å². The van der Waals surface area contributed by atoms with Gasteiger partial charge in [0.05, 0.1) is 4.47 Å². The number of hydrogen-bond acceptors (Lipinski definition) is 4. The summed E-state index contributed by atoms with van der Waals surface area (Å²) in [5, 5.41) is 2.94. The lowest BCUT2D eigenvalue weighted by atomic mass is 10.1. The third-order valence-corrected chi connectivity index (χ3v) is 2.91. The molecule has 0 aromatic carbocycles. The molecule has 0 bridgehead atoms. The Hall–Kier alpha value is -0.840. The highest BCUT2D eigenvalue weighted by atomic mass is 79.9. The molecule has 5 heteroatoms. The van der Waals surface area contributed by atoms with E-state index in [1.165, 1.54) is 0 Å². The summed E-state index contributed by atoms with van der Waals surface area (Å²) in [6.07, 6.45) is 2.93. The Labute approximate surface area is 106 Å². The number of nitrogens with one attached hydrogen (secondary N) is 1. The lowest BCUT2D eigenvalue weighted by Gasteiger charge is -2.20. The first-order valence-electron chi connectivity index (χ1n) is 5.46. The van der Waals surface area contributed by atoms with Crippen LogP contribution in [0.2, 0.25) is 0 Å². The summed E-state index contributed by atoms with van der Waals surface area (Å²) in [5.41, 5.74) is 0. The van der Waals surface area contributed by atoms with Crippen molar-refractivity contribution < 1.29 is 0 Å². The first-order valence-corrected chi connectivity index (χ1v) is 6.25. The maximum absolute atomic E-state index is 4.43. The fourth-order valence-electron chi connectivity index (χ4n) is 1.30. The van der Waals surface area contributed by atoms with Crippen LogP contribution in [0.1, 0.15) is 20.3 Å². The minimum Gasteiger partial charge on any atom is -0.359 e. The summed E-state index contributed by atoms with van der Waals surface area (Å²) < 4.78 is 0.928. The standard InChI is InChI=1S/C11H19BrN4/c1-8(2)5-6-16(4)10-9(12)7-14-11(13-3)15-10/h7-8H,5-6H2,1-4H3,(H,13,14,15). The molecule has 0 aliphatic heterocycles. The highest BCUT2D eigenvalue weighted by molar-refractivity contribution is 9.10. The molecule has 16 heavy (non-hydrogen) atoms. The monoisotopic (exact) mass is 286 g/mol. The lowest BCUT2D eigenvalue weighted by Crippen LogP contribution is -2.22. The van der Waals surface area contributed by atoms with Crippen molar-refractivity contribution in [2.45, 2.75) is 20.3 Å². The second-order valence-electron chi connectivity index (χ2n) is 4.22. The van der Waals surface area contributed by atoms with Gasteiger partial charge in [-0.3, -0.25) is 0 Å². The molecule has 1 N–H and O–H groups in total. The molecule has 4 nitrogen and oxygen atoms in total. The fraction of sp³-hybridized carbons (Fsp3) is 0.636. The quantitative estimate of drug-likeness (QED) is 0.904. The summed E-state index contributed by atoms with van der Waals surface area (Å²) in [6, 6.07) is 0. The van der Waals surface area contributed by atoms with Crippen LogP contribution < -0.4 is 10.2 Å². The summed E-state index contributed by atoms with van der Waals surface area (Å²) in [7, 11) is 3.87. The van der Waals surface area contributed by atoms with Gasteiger partial charge < -0.3 is 10.2 Å². The van der Waals surface area contributed by atoms with Crippen molar-refractivity contribution in [3.8, 4) is 0 Å². The Morgan fingerprint density at radius 1 is 1.50 bits per heavy atom. The van der Waals surface area contributed by atoms with Crippen molar-refractivity contribution in [3.05, 3.63) is 10.7 Å². The molecular formula is C11H19BrN4. The van der Waals surface area contributed by atoms with E-state index in [0.717, 1.165) is 23.3 Å². The van der Waals surface area contributed by atoms with Crippen LogP contribution in [-0.4, -0.2) is 30.6 Å². The Bertz CT molecular complexity index is 341. The van der Waals surface area contributed by atoms with Crippen LogP contribution in [-0.2, 0) is 0 Å². The molecule has 0 atom stereocenters. The van der Waals surface area contributed by atoms with Gasteiger partial charge in [-0.15, -0.1) is 0 Å². The Morgan fingerprint density at radius 2 is 2.19 bits per heavy atom. The number of hydrogen-bond donors (Lipinski definition) is 1. The first kappa shape index (κ1) is 13.2. The van der Waals surface area contributed by atoms with Gasteiger partial charge >= 0.3 is 0 Å². The summed E-state index contributed by atoms with van der Waals surface area (Å²) in [4.78, 5) is 10.7. The molecule has 0 amide bonds. The van der Waals surface area contributed by atoms with Gasteiger partial charge in [0.2, 0.25) is 5.95 Å². The highest BCUT2D eigenvalue weighted by Gasteiger charge is 2.09. The minimum atomic E-state index is 0.648. The summed E-state index contributed by atoms with van der Waals surface area (Å²) >= 11 is 3.47. The van der Waals surface area contributed by atoms with E-state index in [1.807, 2.05) is 7.05 Å². The average Bonchev–Trinajstić information content (AvgIpc) is 2.26. The Balaban J connectivity index is 2.76. The van der Waals surface area contributed by atoms with E-state index in [-0.39, 0.29) is 0 Å². The molecule has 1 aromatic heterocycles. The number of nitrogens with zero attached hydrogens (tertiary/aromatic N) is 3. The van der Waals surface area contributed by atoms with Crippen LogP contribution >= 0.6 is 15.9 Å². The van der Waals surface area contributed by atoms with Crippen LogP contribution in [0.4, 0.5) is 11.8 Å². The van der Waals surface area contributed by atoms with Crippen molar-refractivity contribution in [3.63, 3.8) is 0 Å². The van der Waals surface area contributed by atoms with Gasteiger partial charge in [-0.2, -0.15) is 4.98 Å². The topological polar surface area (TPSA) is 41.1 Å². The molecule has 0 unspecified atom stereocenters. The molecule has 0 spiro atoms. The number of anilines is 2. The van der Waals surface area contributed by atoms with Gasteiger partial charge in [0, 0.05) is 26.8 Å². The number of halogens is 1. The van der Waals surface area contributed by atoms with Gasteiger partial charge in [-0.25, -0.2) is 4.98 Å². The van der Waals surface area contributed by atoms with Crippen molar-refractivity contribution in [1.82, 2.24) is 9.97 Å². The van der Waals surface area contributed by atoms with Gasteiger partial charge in [0.15, 0.2) is 0 Å². The van der Waals surface area contributed by atoms with Gasteiger partial charge in [0.25, 0.3) is 0 Å². The lowest BCUT2D eigenvalue weighted by molar-refractivity contribution is 0.583. The summed E-state index contributed by atoms with van der Waals surface area (Å²) in [6.45, 7) is 5.44. The molecular weight excluding hydrogens is 268 g/mol. The molecule has 1 rings (SSSR count). The van der Waals surface area contributed by atoms with E-state index in [1.54, 1.807) is 6.20 Å². The van der Waals surface area contributed by atoms with Crippen LogP contribution in [0, 0.1) is 5.92 Å². The van der Waals surface area contributed by atoms with E-state index in [4.69, 9.17) is 0 Å². The van der Waals surface area contributed by atoms with E-state index >= 15 is 0 Å². The van der Waals surface area contributed by atoms with Crippen LogP contribution in [0.15, 0.2) is 10.7 Å². The molecule has 0 saturated carbocycles. The van der Waals surface area contributed by atoms with E-state index < -0.39 is 0 Å². The van der Waals surface area contributed by atoms with E-state index in [0.29, 0.717) is 11.9 Å². The number of rotatable bonds is 5. The molecule has 1 aromatic rings. The SMILES string of the molecule is CNc1ncc(Br)c(N(C)CCC(C)C)n1. The van der Waals surface area contributed by atoms with Crippen LogP contribution in [0.25, 0.3) is 0 Å². The zero-order chi connectivity index (χ0) is 12.1. The predicted octanol–water partition coefficient (Wildman–Crippen LogP) is 2.76. The van der Waals surface area contributed by atoms with Crippen LogP contribution in [0.3, 0.4) is 0 Å². The van der Waals surface area contributed by atoms with Crippen molar-refractivity contribution in [1.29, 1.82) is 0 Å². The zero-order valence-electron chi connectivity index (χ0n) is 10.3. The molecule has 0 aliphatic carbocycles. The van der Waals surface area contributed by atoms with Crippen LogP contribution in [0.5, 0.6) is 0 Å². The second-order valence-corrected chi connectivity index (χ2v) is 5.07. The summed E-state index contributed by atoms with van der Waals surface area (Å²) in [5.74, 6) is 2.28. The average molecular weight is 287 g/mol. The molecule has 0 saturated heterocycles. The maximum atomic E-state index is 4.43. The smallest absolute Gasteiger partial charge is 0.224 e. The fourth-order valence-corrected chi connectivity index (χ4v) is 1.80. The molecule has 1 heterocycles. The molecule has 0 fully saturated rings. The minimum absolute atomic E-state index is 0.648. The Kier molecular flexibility index (Phi) is 4.99.